The number of hydrogen-bond donors (Lipinski definition) is 1. The number of benzene rings is 2. The van der Waals surface area contributed by atoms with E-state index in [0.29, 0.717) is 21.2 Å². The molecule has 0 aliphatic carbocycles. The predicted octanol–water partition coefficient (Wildman–Crippen LogP) is 4.13. The van der Waals surface area contributed by atoms with Crippen molar-refractivity contribution in [1.29, 1.82) is 0 Å². The third-order valence-electron chi connectivity index (χ3n) is 4.30. The number of ether oxygens (including phenoxy) is 1. The van der Waals surface area contributed by atoms with Crippen molar-refractivity contribution in [3.63, 3.8) is 0 Å². The maximum absolute atomic E-state index is 12.5. The fourth-order valence-electron chi connectivity index (χ4n) is 2.59. The number of aryl methyl sites for hydroxylation is 1. The summed E-state index contributed by atoms with van der Waals surface area (Å²) in [5, 5.41) is 3.61. The average molecular weight is 458 g/mol. The molecule has 1 amide bonds. The molecule has 0 aliphatic heterocycles. The first kappa shape index (κ1) is 23.2. The number of hydrogen-bond acceptors (Lipinski definition) is 5. The van der Waals surface area contributed by atoms with Crippen LogP contribution >= 0.6 is 23.2 Å². The zero-order valence-corrected chi connectivity index (χ0v) is 18.7. The van der Waals surface area contributed by atoms with Gasteiger partial charge in [0.1, 0.15) is 0 Å². The lowest BCUT2D eigenvalue weighted by atomic mass is 10.1. The van der Waals surface area contributed by atoms with Crippen molar-refractivity contribution < 1.29 is 22.7 Å². The van der Waals surface area contributed by atoms with Crippen LogP contribution in [0.25, 0.3) is 0 Å². The van der Waals surface area contributed by atoms with Crippen molar-refractivity contribution in [2.24, 2.45) is 0 Å². The fraction of sp³-hybridized carbons (Fsp3) is 0.300. The Kier molecular flexibility index (Phi) is 7.32. The molecule has 2 atom stereocenters. The molecule has 0 aromatic heterocycles. The Morgan fingerprint density at radius 1 is 1.07 bits per heavy atom. The van der Waals surface area contributed by atoms with Gasteiger partial charge in [0.25, 0.3) is 5.91 Å². The molecular weight excluding hydrogens is 437 g/mol. The van der Waals surface area contributed by atoms with Gasteiger partial charge in [-0.2, -0.15) is 0 Å². The van der Waals surface area contributed by atoms with Crippen molar-refractivity contribution >= 4 is 44.9 Å². The van der Waals surface area contributed by atoms with Gasteiger partial charge in [-0.15, -0.1) is 0 Å². The molecule has 1 N–H and O–H groups in total. The van der Waals surface area contributed by atoms with E-state index in [1.165, 1.54) is 25.1 Å². The lowest BCUT2D eigenvalue weighted by molar-refractivity contribution is -0.129. The molecule has 156 valence electrons. The summed E-state index contributed by atoms with van der Waals surface area (Å²) in [7, 11) is -3.48. The van der Waals surface area contributed by atoms with Gasteiger partial charge in [0.05, 0.1) is 16.5 Å². The van der Waals surface area contributed by atoms with Crippen molar-refractivity contribution in [2.45, 2.75) is 37.8 Å². The first-order valence-corrected chi connectivity index (χ1v) is 11.3. The van der Waals surface area contributed by atoms with Crippen molar-refractivity contribution in [3.8, 4) is 0 Å². The summed E-state index contributed by atoms with van der Waals surface area (Å²) >= 11 is 12.0. The Balaban J connectivity index is 2.10. The van der Waals surface area contributed by atoms with Gasteiger partial charge < -0.3 is 10.1 Å². The summed E-state index contributed by atoms with van der Waals surface area (Å²) < 4.78 is 28.7. The van der Waals surface area contributed by atoms with Gasteiger partial charge in [-0.25, -0.2) is 13.2 Å². The molecule has 0 bridgehead atoms. The summed E-state index contributed by atoms with van der Waals surface area (Å²) in [5.74, 6) is -1.30. The number of nitrogens with one attached hydrogen (secondary N) is 1. The van der Waals surface area contributed by atoms with E-state index in [2.05, 4.69) is 5.32 Å². The van der Waals surface area contributed by atoms with Gasteiger partial charge in [-0.05, 0) is 56.2 Å². The first-order chi connectivity index (χ1) is 13.4. The third-order valence-corrected chi connectivity index (χ3v) is 5.97. The van der Waals surface area contributed by atoms with E-state index in [-0.39, 0.29) is 10.5 Å². The molecular formula is C20H21Cl2NO5S. The molecule has 9 heteroatoms. The van der Waals surface area contributed by atoms with Gasteiger partial charge in [-0.1, -0.05) is 35.3 Å². The van der Waals surface area contributed by atoms with E-state index in [9.17, 15) is 18.0 Å². The molecule has 2 aromatic rings. The monoisotopic (exact) mass is 457 g/mol. The van der Waals surface area contributed by atoms with Crippen LogP contribution in [0, 0.1) is 6.92 Å². The van der Waals surface area contributed by atoms with Gasteiger partial charge in [-0.3, -0.25) is 4.79 Å². The molecule has 29 heavy (non-hydrogen) atoms. The van der Waals surface area contributed by atoms with E-state index in [0.717, 1.165) is 6.26 Å². The molecule has 0 aliphatic rings. The van der Waals surface area contributed by atoms with Crippen LogP contribution in [0.3, 0.4) is 0 Å². The van der Waals surface area contributed by atoms with Crippen LogP contribution in [0.15, 0.2) is 41.3 Å². The van der Waals surface area contributed by atoms with Crippen LogP contribution < -0.4 is 5.32 Å². The van der Waals surface area contributed by atoms with Crippen LogP contribution in [-0.4, -0.2) is 32.7 Å². The second-order valence-corrected chi connectivity index (χ2v) is 9.55. The highest BCUT2D eigenvalue weighted by atomic mass is 35.5. The molecule has 0 radical (unpaired) electrons. The Bertz CT molecular complexity index is 1050. The Hall–Kier alpha value is -2.09. The van der Waals surface area contributed by atoms with Crippen LogP contribution in [-0.2, 0) is 19.4 Å². The van der Waals surface area contributed by atoms with Gasteiger partial charge in [0.15, 0.2) is 15.9 Å². The topological polar surface area (TPSA) is 89.5 Å². The number of rotatable bonds is 6. The Labute approximate surface area is 180 Å². The van der Waals surface area contributed by atoms with Crippen molar-refractivity contribution in [2.75, 3.05) is 6.26 Å². The minimum atomic E-state index is -3.48. The quantitative estimate of drug-likeness (QED) is 0.658. The molecule has 0 unspecified atom stereocenters. The normalized spacial score (nSPS) is 13.4. The summed E-state index contributed by atoms with van der Waals surface area (Å²) in [6.07, 6.45) is -0.0520. The van der Waals surface area contributed by atoms with Gasteiger partial charge in [0, 0.05) is 16.3 Å². The smallest absolute Gasteiger partial charge is 0.339 e. The van der Waals surface area contributed by atoms with E-state index in [4.69, 9.17) is 27.9 Å². The molecule has 0 fully saturated rings. The molecule has 0 saturated heterocycles. The molecule has 0 saturated carbocycles. The maximum Gasteiger partial charge on any atom is 0.339 e. The lowest BCUT2D eigenvalue weighted by Crippen LogP contribution is -2.37. The van der Waals surface area contributed by atoms with Crippen LogP contribution in [0.1, 0.15) is 41.4 Å². The van der Waals surface area contributed by atoms with Crippen molar-refractivity contribution in [1.82, 2.24) is 5.32 Å². The minimum absolute atomic E-state index is 0.00171. The minimum Gasteiger partial charge on any atom is -0.449 e. The molecule has 6 nitrogen and oxygen atoms in total. The molecule has 0 spiro atoms. The standard InChI is InChI=1S/C20H21Cl2NO5S/c1-11-5-7-15(29(4,26)27)10-17(11)20(25)28-13(3)19(24)23-12(2)16-8-6-14(21)9-18(16)22/h5-10,12-13H,1-4H3,(H,23,24)/t12-,13-/m1/s1. The Morgan fingerprint density at radius 3 is 2.31 bits per heavy atom. The van der Waals surface area contributed by atoms with Gasteiger partial charge in [0.2, 0.25) is 0 Å². The second-order valence-electron chi connectivity index (χ2n) is 6.69. The molecule has 2 rings (SSSR count). The highest BCUT2D eigenvalue weighted by Crippen LogP contribution is 2.26. The largest absolute Gasteiger partial charge is 0.449 e. The number of sulfone groups is 1. The summed E-state index contributed by atoms with van der Waals surface area (Å²) in [6, 6.07) is 8.66. The number of amides is 1. The fourth-order valence-corrected chi connectivity index (χ4v) is 3.81. The number of halogens is 2. The highest BCUT2D eigenvalue weighted by Gasteiger charge is 2.23. The maximum atomic E-state index is 12.5. The Morgan fingerprint density at radius 2 is 1.72 bits per heavy atom. The zero-order valence-electron chi connectivity index (χ0n) is 16.3. The number of esters is 1. The summed E-state index contributed by atoms with van der Waals surface area (Å²) in [5.41, 5.74) is 1.29. The van der Waals surface area contributed by atoms with Crippen LogP contribution in [0.4, 0.5) is 0 Å². The highest BCUT2D eigenvalue weighted by molar-refractivity contribution is 7.90. The van der Waals surface area contributed by atoms with E-state index < -0.39 is 33.9 Å². The second kappa shape index (κ2) is 9.15. The molecule has 2 aromatic carbocycles. The van der Waals surface area contributed by atoms with Crippen LogP contribution in [0.5, 0.6) is 0 Å². The summed E-state index contributed by atoms with van der Waals surface area (Å²) in [4.78, 5) is 24.9. The first-order valence-electron chi connectivity index (χ1n) is 8.67. The van der Waals surface area contributed by atoms with Crippen LogP contribution in [0.2, 0.25) is 10.0 Å². The van der Waals surface area contributed by atoms with Gasteiger partial charge >= 0.3 is 5.97 Å². The zero-order chi connectivity index (χ0) is 21.9. The van der Waals surface area contributed by atoms with E-state index in [1.54, 1.807) is 32.0 Å². The van der Waals surface area contributed by atoms with E-state index >= 15 is 0 Å². The number of carbonyl (C=O) groups excluding carboxylic acids is 2. The average Bonchev–Trinajstić information content (AvgIpc) is 2.60. The predicted molar refractivity (Wildman–Crippen MR) is 112 cm³/mol. The van der Waals surface area contributed by atoms with E-state index in [1.807, 2.05) is 0 Å². The molecule has 0 heterocycles. The summed E-state index contributed by atoms with van der Waals surface area (Å²) in [6.45, 7) is 4.82. The lowest BCUT2D eigenvalue weighted by Gasteiger charge is -2.19. The number of carbonyl (C=O) groups is 2. The van der Waals surface area contributed by atoms with Crippen molar-refractivity contribution in [3.05, 3.63) is 63.1 Å². The SMILES string of the molecule is Cc1ccc(S(C)(=O)=O)cc1C(=O)O[C@H](C)C(=O)N[C@H](C)c1ccc(Cl)cc1Cl. The third kappa shape index (κ3) is 5.95.